The smallest absolute Gasteiger partial charge is 0.243 e. The Kier molecular flexibility index (Phi) is 6.42. The van der Waals surface area contributed by atoms with Gasteiger partial charge < -0.3 is 5.11 Å². The molecule has 31 heavy (non-hydrogen) atoms. The molecule has 7 heteroatoms. The van der Waals surface area contributed by atoms with E-state index in [1.165, 1.54) is 4.31 Å². The first-order valence-electron chi connectivity index (χ1n) is 10.1. The van der Waals surface area contributed by atoms with E-state index in [1.54, 1.807) is 54.6 Å². The maximum Gasteiger partial charge on any atom is 0.243 e. The minimum Gasteiger partial charge on any atom is -0.380 e. The quantitative estimate of drug-likeness (QED) is 0.542. The molecule has 0 bridgehead atoms. The molecule has 162 valence electrons. The highest BCUT2D eigenvalue weighted by atomic mass is 35.5. The van der Waals surface area contributed by atoms with Gasteiger partial charge in [-0.05, 0) is 66.3 Å². The molecule has 1 N–H and O–H groups in total. The van der Waals surface area contributed by atoms with E-state index >= 15 is 0 Å². The number of hydrogen-bond donors (Lipinski definition) is 1. The second-order valence-electron chi connectivity index (χ2n) is 7.77. The van der Waals surface area contributed by atoms with Crippen LogP contribution in [0.15, 0.2) is 83.8 Å². The number of piperidine rings is 1. The van der Waals surface area contributed by atoms with Crippen molar-refractivity contribution in [2.24, 2.45) is 5.92 Å². The van der Waals surface area contributed by atoms with E-state index in [-0.39, 0.29) is 5.92 Å². The lowest BCUT2D eigenvalue weighted by Crippen LogP contribution is -2.46. The molecule has 0 aromatic heterocycles. The topological polar surface area (TPSA) is 57.6 Å². The van der Waals surface area contributed by atoms with E-state index in [1.807, 2.05) is 24.3 Å². The monoisotopic (exact) mass is 475 g/mol. The van der Waals surface area contributed by atoms with Gasteiger partial charge in [0.05, 0.1) is 4.90 Å². The zero-order chi connectivity index (χ0) is 22.1. The molecule has 0 spiro atoms. The van der Waals surface area contributed by atoms with Crippen LogP contribution >= 0.6 is 23.2 Å². The van der Waals surface area contributed by atoms with E-state index in [0.29, 0.717) is 40.9 Å². The lowest BCUT2D eigenvalue weighted by molar-refractivity contribution is -0.00530. The minimum atomic E-state index is -3.55. The highest BCUT2D eigenvalue weighted by Crippen LogP contribution is 2.43. The highest BCUT2D eigenvalue weighted by molar-refractivity contribution is 7.89. The second-order valence-corrected chi connectivity index (χ2v) is 10.6. The summed E-state index contributed by atoms with van der Waals surface area (Å²) in [6, 6.07) is 22.8. The van der Waals surface area contributed by atoms with E-state index < -0.39 is 15.6 Å². The van der Waals surface area contributed by atoms with Gasteiger partial charge in [-0.15, -0.1) is 0 Å². The summed E-state index contributed by atoms with van der Waals surface area (Å²) in [6.45, 7) is 0.677. The van der Waals surface area contributed by atoms with Gasteiger partial charge in [-0.1, -0.05) is 65.7 Å². The van der Waals surface area contributed by atoms with Crippen LogP contribution in [0, 0.1) is 5.92 Å². The molecule has 0 aliphatic carbocycles. The van der Waals surface area contributed by atoms with Crippen molar-refractivity contribution in [3.63, 3.8) is 0 Å². The normalized spacial score (nSPS) is 16.4. The summed E-state index contributed by atoms with van der Waals surface area (Å²) in [6.07, 6.45) is 1.04. The van der Waals surface area contributed by atoms with Gasteiger partial charge in [-0.25, -0.2) is 8.42 Å². The Morgan fingerprint density at radius 3 is 1.68 bits per heavy atom. The molecule has 0 saturated carbocycles. The molecule has 3 aromatic carbocycles. The standard InChI is InChI=1S/C24H23Cl2NO3S/c25-21-10-6-18(7-11-21)24(28,19-8-12-22(26)13-9-19)20-14-16-27(17-15-20)31(29,30)23-4-2-1-3-5-23/h1-13,20,28H,14-17H2. The fourth-order valence-corrected chi connectivity index (χ4v) is 6.04. The van der Waals surface area contributed by atoms with Crippen molar-refractivity contribution < 1.29 is 13.5 Å². The summed E-state index contributed by atoms with van der Waals surface area (Å²) < 4.78 is 27.5. The van der Waals surface area contributed by atoms with Gasteiger partial charge in [0, 0.05) is 23.1 Å². The van der Waals surface area contributed by atoms with Crippen molar-refractivity contribution in [2.75, 3.05) is 13.1 Å². The molecule has 3 aromatic rings. The van der Waals surface area contributed by atoms with Crippen LogP contribution in [0.4, 0.5) is 0 Å². The van der Waals surface area contributed by atoms with Gasteiger partial charge in [0.1, 0.15) is 5.60 Å². The Morgan fingerprint density at radius 2 is 1.23 bits per heavy atom. The van der Waals surface area contributed by atoms with Crippen molar-refractivity contribution in [1.82, 2.24) is 4.31 Å². The van der Waals surface area contributed by atoms with Gasteiger partial charge in [0.15, 0.2) is 0 Å². The summed E-state index contributed by atoms with van der Waals surface area (Å²) in [7, 11) is -3.55. The maximum atomic E-state index is 13.0. The Balaban J connectivity index is 1.64. The SMILES string of the molecule is O=S(=O)(c1ccccc1)N1CCC(C(O)(c2ccc(Cl)cc2)c2ccc(Cl)cc2)CC1. The summed E-state index contributed by atoms with van der Waals surface area (Å²) in [5.74, 6) is -0.169. The molecule has 1 fully saturated rings. The van der Waals surface area contributed by atoms with Crippen molar-refractivity contribution >= 4 is 33.2 Å². The number of benzene rings is 3. The molecule has 0 amide bonds. The Hall–Kier alpha value is -1.89. The molecular weight excluding hydrogens is 453 g/mol. The third-order valence-electron chi connectivity index (χ3n) is 5.99. The van der Waals surface area contributed by atoms with Crippen LogP contribution in [-0.2, 0) is 15.6 Å². The van der Waals surface area contributed by atoms with Gasteiger partial charge in [0.25, 0.3) is 0 Å². The maximum absolute atomic E-state index is 13.0. The molecule has 4 nitrogen and oxygen atoms in total. The molecule has 1 saturated heterocycles. The average molecular weight is 476 g/mol. The number of aliphatic hydroxyl groups is 1. The average Bonchev–Trinajstić information content (AvgIpc) is 2.80. The zero-order valence-corrected chi connectivity index (χ0v) is 19.1. The summed E-state index contributed by atoms with van der Waals surface area (Å²) >= 11 is 12.1. The van der Waals surface area contributed by atoms with Crippen LogP contribution in [0.25, 0.3) is 0 Å². The van der Waals surface area contributed by atoms with E-state index in [4.69, 9.17) is 23.2 Å². The van der Waals surface area contributed by atoms with Crippen LogP contribution < -0.4 is 0 Å². The summed E-state index contributed by atoms with van der Waals surface area (Å²) in [5, 5.41) is 13.2. The number of nitrogens with zero attached hydrogens (tertiary/aromatic N) is 1. The fraction of sp³-hybridized carbons (Fsp3) is 0.250. The van der Waals surface area contributed by atoms with Crippen LogP contribution in [0.2, 0.25) is 10.0 Å². The van der Waals surface area contributed by atoms with Gasteiger partial charge in [-0.2, -0.15) is 4.31 Å². The molecule has 0 radical (unpaired) electrons. The number of rotatable bonds is 5. The number of hydrogen-bond acceptors (Lipinski definition) is 3. The Bertz CT molecular complexity index is 1080. The number of sulfonamides is 1. The Labute approximate surface area is 193 Å². The third kappa shape index (κ3) is 4.38. The van der Waals surface area contributed by atoms with Crippen LogP contribution in [0.5, 0.6) is 0 Å². The largest absolute Gasteiger partial charge is 0.380 e. The van der Waals surface area contributed by atoms with Gasteiger partial charge >= 0.3 is 0 Å². The van der Waals surface area contributed by atoms with Crippen molar-refractivity contribution in [2.45, 2.75) is 23.3 Å². The summed E-state index contributed by atoms with van der Waals surface area (Å²) in [5.41, 5.74) is 0.171. The molecule has 0 unspecified atom stereocenters. The van der Waals surface area contributed by atoms with Gasteiger partial charge in [-0.3, -0.25) is 0 Å². The van der Waals surface area contributed by atoms with Crippen LogP contribution in [-0.4, -0.2) is 30.9 Å². The first-order valence-corrected chi connectivity index (χ1v) is 12.3. The first-order chi connectivity index (χ1) is 14.8. The van der Waals surface area contributed by atoms with Crippen LogP contribution in [0.3, 0.4) is 0 Å². The third-order valence-corrected chi connectivity index (χ3v) is 8.41. The summed E-state index contributed by atoms with van der Waals surface area (Å²) in [4.78, 5) is 0.291. The second kappa shape index (κ2) is 8.93. The molecule has 1 aliphatic rings. The number of halogens is 2. The van der Waals surface area contributed by atoms with E-state index in [0.717, 1.165) is 11.1 Å². The van der Waals surface area contributed by atoms with Crippen LogP contribution in [0.1, 0.15) is 24.0 Å². The van der Waals surface area contributed by atoms with Crippen molar-refractivity contribution in [3.8, 4) is 0 Å². The Morgan fingerprint density at radius 1 is 0.774 bits per heavy atom. The predicted molar refractivity (Wildman–Crippen MR) is 124 cm³/mol. The molecular formula is C24H23Cl2NO3S. The van der Waals surface area contributed by atoms with Crippen molar-refractivity contribution in [1.29, 1.82) is 0 Å². The molecule has 4 rings (SSSR count). The highest BCUT2D eigenvalue weighted by Gasteiger charge is 2.43. The molecule has 1 aliphatic heterocycles. The predicted octanol–water partition coefficient (Wildman–Crippen LogP) is 5.33. The minimum absolute atomic E-state index is 0.169. The van der Waals surface area contributed by atoms with Crippen molar-refractivity contribution in [3.05, 3.63) is 100 Å². The van der Waals surface area contributed by atoms with E-state index in [2.05, 4.69) is 0 Å². The fourth-order valence-electron chi connectivity index (χ4n) is 4.30. The molecule has 1 heterocycles. The zero-order valence-electron chi connectivity index (χ0n) is 16.8. The first kappa shape index (κ1) is 22.3. The van der Waals surface area contributed by atoms with Gasteiger partial charge in [0.2, 0.25) is 10.0 Å². The lowest BCUT2D eigenvalue weighted by Gasteiger charge is -2.42. The molecule has 0 atom stereocenters. The lowest BCUT2D eigenvalue weighted by atomic mass is 9.72. The van der Waals surface area contributed by atoms with E-state index in [9.17, 15) is 13.5 Å².